The molecule has 1 N–H and O–H groups in total. The maximum atomic E-state index is 12.9. The summed E-state index contributed by atoms with van der Waals surface area (Å²) in [5.41, 5.74) is 2.70. The standard InChI is InChI=1S/C23H29N7O/c1-16-13-24-30(14-16)23(8-9-23)22-25-18-6-7-19(26-20(18)27-22)29-12-4-5-17(15-29)21(31)28-10-2-3-11-28/h6-7,13-14,17H,2-5,8-12,15H2,1H3,(H,25,26,27). The van der Waals surface area contributed by atoms with Crippen LogP contribution in [0.3, 0.4) is 0 Å². The van der Waals surface area contributed by atoms with Gasteiger partial charge in [0.1, 0.15) is 17.2 Å². The summed E-state index contributed by atoms with van der Waals surface area (Å²) in [5.74, 6) is 2.27. The Morgan fingerprint density at radius 1 is 1.13 bits per heavy atom. The van der Waals surface area contributed by atoms with Gasteiger partial charge in [0, 0.05) is 32.4 Å². The van der Waals surface area contributed by atoms with Crippen molar-refractivity contribution in [2.45, 2.75) is 51.0 Å². The monoisotopic (exact) mass is 419 g/mol. The van der Waals surface area contributed by atoms with Gasteiger partial charge in [-0.1, -0.05) is 0 Å². The number of likely N-dealkylation sites (tertiary alicyclic amines) is 1. The number of nitrogens with one attached hydrogen (secondary N) is 1. The van der Waals surface area contributed by atoms with Gasteiger partial charge in [-0.15, -0.1) is 0 Å². The van der Waals surface area contributed by atoms with E-state index in [-0.39, 0.29) is 11.5 Å². The molecular weight excluding hydrogens is 390 g/mol. The number of hydrogen-bond donors (Lipinski definition) is 1. The van der Waals surface area contributed by atoms with Gasteiger partial charge in [0.25, 0.3) is 0 Å². The van der Waals surface area contributed by atoms with Gasteiger partial charge in [-0.2, -0.15) is 5.10 Å². The zero-order valence-corrected chi connectivity index (χ0v) is 18.0. The molecule has 0 radical (unpaired) electrons. The molecule has 3 aromatic heterocycles. The van der Waals surface area contributed by atoms with E-state index in [9.17, 15) is 4.79 Å². The number of pyridine rings is 1. The van der Waals surface area contributed by atoms with E-state index in [4.69, 9.17) is 9.97 Å². The third-order valence-electron chi connectivity index (χ3n) is 7.16. The van der Waals surface area contributed by atoms with Gasteiger partial charge in [-0.05, 0) is 63.1 Å². The summed E-state index contributed by atoms with van der Waals surface area (Å²) in [4.78, 5) is 30.5. The Morgan fingerprint density at radius 2 is 1.97 bits per heavy atom. The van der Waals surface area contributed by atoms with Crippen molar-refractivity contribution in [2.24, 2.45) is 5.92 Å². The first kappa shape index (κ1) is 18.8. The second kappa shape index (κ2) is 7.07. The zero-order valence-electron chi connectivity index (χ0n) is 18.0. The van der Waals surface area contributed by atoms with Crippen molar-refractivity contribution < 1.29 is 4.79 Å². The predicted octanol–water partition coefficient (Wildman–Crippen LogP) is 2.84. The molecule has 1 amide bonds. The van der Waals surface area contributed by atoms with E-state index in [0.29, 0.717) is 5.91 Å². The summed E-state index contributed by atoms with van der Waals surface area (Å²) >= 11 is 0. The largest absolute Gasteiger partial charge is 0.356 e. The molecule has 1 atom stereocenters. The molecule has 5 heterocycles. The molecule has 6 rings (SSSR count). The van der Waals surface area contributed by atoms with Gasteiger partial charge >= 0.3 is 0 Å². The van der Waals surface area contributed by atoms with Crippen LogP contribution in [0.15, 0.2) is 24.5 Å². The van der Waals surface area contributed by atoms with Crippen LogP contribution in [0.25, 0.3) is 11.2 Å². The number of nitrogens with zero attached hydrogens (tertiary/aromatic N) is 6. The summed E-state index contributed by atoms with van der Waals surface area (Å²) < 4.78 is 2.04. The fourth-order valence-electron chi connectivity index (χ4n) is 5.20. The molecule has 162 valence electrons. The first-order chi connectivity index (χ1) is 15.1. The van der Waals surface area contributed by atoms with Crippen molar-refractivity contribution in [3.8, 4) is 0 Å². The molecule has 1 aliphatic carbocycles. The number of fused-ring (bicyclic) bond motifs is 1. The quantitative estimate of drug-likeness (QED) is 0.703. The fourth-order valence-corrected chi connectivity index (χ4v) is 5.20. The SMILES string of the molecule is Cc1cnn(C2(c3nc4nc(N5CCCC(C(=O)N6CCCC6)C5)ccc4[nH]3)CC2)c1. The van der Waals surface area contributed by atoms with Crippen molar-refractivity contribution in [2.75, 3.05) is 31.1 Å². The minimum atomic E-state index is -0.159. The number of aryl methyl sites for hydroxylation is 1. The minimum absolute atomic E-state index is 0.0804. The number of imidazole rings is 1. The summed E-state index contributed by atoms with van der Waals surface area (Å²) in [6.07, 6.45) is 10.3. The molecule has 2 aliphatic heterocycles. The second-order valence-corrected chi connectivity index (χ2v) is 9.44. The zero-order chi connectivity index (χ0) is 21.0. The average molecular weight is 420 g/mol. The molecule has 3 aliphatic rings. The highest BCUT2D eigenvalue weighted by Gasteiger charge is 2.50. The predicted molar refractivity (Wildman–Crippen MR) is 118 cm³/mol. The first-order valence-electron chi connectivity index (χ1n) is 11.6. The Morgan fingerprint density at radius 3 is 2.71 bits per heavy atom. The van der Waals surface area contributed by atoms with Crippen LogP contribution in [-0.4, -0.2) is 61.7 Å². The lowest BCUT2D eigenvalue weighted by Crippen LogP contribution is -2.44. The Bertz CT molecular complexity index is 1120. The number of H-pyrrole nitrogens is 1. The van der Waals surface area contributed by atoms with Crippen LogP contribution in [0.5, 0.6) is 0 Å². The molecule has 0 bridgehead atoms. The minimum Gasteiger partial charge on any atom is -0.356 e. The van der Waals surface area contributed by atoms with Crippen LogP contribution in [0.4, 0.5) is 5.82 Å². The Labute approximate surface area is 181 Å². The van der Waals surface area contributed by atoms with Gasteiger partial charge in [0.2, 0.25) is 5.91 Å². The molecular formula is C23H29N7O. The van der Waals surface area contributed by atoms with Crippen LogP contribution >= 0.6 is 0 Å². The van der Waals surface area contributed by atoms with Crippen LogP contribution in [0, 0.1) is 12.8 Å². The molecule has 0 spiro atoms. The number of carbonyl (C=O) groups excluding carboxylic acids is 1. The maximum Gasteiger partial charge on any atom is 0.227 e. The van der Waals surface area contributed by atoms with Gasteiger partial charge in [0.15, 0.2) is 5.65 Å². The molecule has 8 nitrogen and oxygen atoms in total. The highest BCUT2D eigenvalue weighted by molar-refractivity contribution is 5.80. The van der Waals surface area contributed by atoms with Gasteiger partial charge in [0.05, 0.1) is 17.6 Å². The second-order valence-electron chi connectivity index (χ2n) is 9.44. The first-order valence-corrected chi connectivity index (χ1v) is 11.6. The fraction of sp³-hybridized carbons (Fsp3) is 0.565. The molecule has 8 heteroatoms. The van der Waals surface area contributed by atoms with Crippen molar-refractivity contribution in [3.05, 3.63) is 35.9 Å². The number of anilines is 1. The van der Waals surface area contributed by atoms with Crippen LogP contribution in [0.1, 0.15) is 49.9 Å². The molecule has 0 aromatic carbocycles. The highest BCUT2D eigenvalue weighted by atomic mass is 16.2. The maximum absolute atomic E-state index is 12.9. The van der Waals surface area contributed by atoms with E-state index < -0.39 is 0 Å². The average Bonchev–Trinajstić information content (AvgIpc) is 3.18. The van der Waals surface area contributed by atoms with E-state index in [2.05, 4.69) is 45.1 Å². The Kier molecular flexibility index (Phi) is 4.30. The van der Waals surface area contributed by atoms with Crippen LogP contribution < -0.4 is 4.90 Å². The number of rotatable bonds is 4. The molecule has 3 fully saturated rings. The Balaban J connectivity index is 1.24. The molecule has 31 heavy (non-hydrogen) atoms. The Hall–Kier alpha value is -2.90. The van der Waals surface area contributed by atoms with Crippen LogP contribution in [-0.2, 0) is 10.3 Å². The van der Waals surface area contributed by atoms with Gasteiger partial charge < -0.3 is 14.8 Å². The third-order valence-corrected chi connectivity index (χ3v) is 7.16. The normalized spacial score (nSPS) is 22.9. The van der Waals surface area contributed by atoms with Crippen molar-refractivity contribution >= 4 is 22.9 Å². The number of aromatic nitrogens is 5. The van der Waals surface area contributed by atoms with Crippen LogP contribution in [0.2, 0.25) is 0 Å². The number of piperidine rings is 1. The van der Waals surface area contributed by atoms with E-state index in [0.717, 1.165) is 93.1 Å². The van der Waals surface area contributed by atoms with Crippen molar-refractivity contribution in [1.29, 1.82) is 0 Å². The number of carbonyl (C=O) groups is 1. The third kappa shape index (κ3) is 3.20. The topological polar surface area (TPSA) is 82.9 Å². The summed E-state index contributed by atoms with van der Waals surface area (Å²) in [5, 5.41) is 4.54. The highest BCUT2D eigenvalue weighted by Crippen LogP contribution is 2.48. The summed E-state index contributed by atoms with van der Waals surface area (Å²) in [7, 11) is 0. The van der Waals surface area contributed by atoms with Crippen molar-refractivity contribution in [1.82, 2.24) is 29.6 Å². The van der Waals surface area contributed by atoms with E-state index in [1.807, 2.05) is 10.9 Å². The van der Waals surface area contributed by atoms with E-state index in [1.54, 1.807) is 0 Å². The number of hydrogen-bond acceptors (Lipinski definition) is 5. The lowest BCUT2D eigenvalue weighted by atomic mass is 9.96. The van der Waals surface area contributed by atoms with E-state index in [1.165, 1.54) is 0 Å². The number of amides is 1. The van der Waals surface area contributed by atoms with Crippen molar-refractivity contribution in [3.63, 3.8) is 0 Å². The summed E-state index contributed by atoms with van der Waals surface area (Å²) in [6.45, 7) is 5.60. The lowest BCUT2D eigenvalue weighted by molar-refractivity contribution is -0.134. The number of aromatic amines is 1. The van der Waals surface area contributed by atoms with Gasteiger partial charge in [-0.25, -0.2) is 9.97 Å². The lowest BCUT2D eigenvalue weighted by Gasteiger charge is -2.34. The molecule has 1 saturated carbocycles. The molecule has 1 unspecified atom stereocenters. The van der Waals surface area contributed by atoms with E-state index >= 15 is 0 Å². The molecule has 2 saturated heterocycles. The molecule has 3 aromatic rings. The smallest absolute Gasteiger partial charge is 0.227 e. The summed E-state index contributed by atoms with van der Waals surface area (Å²) in [6, 6.07) is 4.13. The van der Waals surface area contributed by atoms with Gasteiger partial charge in [-0.3, -0.25) is 9.48 Å².